The number of hydrogen-bond acceptors (Lipinski definition) is 3. The van der Waals surface area contributed by atoms with Crippen LogP contribution in [0.15, 0.2) is 36.5 Å². The van der Waals surface area contributed by atoms with E-state index in [-0.39, 0.29) is 30.7 Å². The molecule has 3 rings (SSSR count). The Morgan fingerprint density at radius 2 is 1.93 bits per heavy atom. The van der Waals surface area contributed by atoms with Gasteiger partial charge in [0, 0.05) is 31.4 Å². The summed E-state index contributed by atoms with van der Waals surface area (Å²) in [6.07, 6.45) is 0.0831. The molecule has 0 saturated carbocycles. The molecule has 30 heavy (non-hydrogen) atoms. The van der Waals surface area contributed by atoms with Gasteiger partial charge >= 0.3 is 6.18 Å². The summed E-state index contributed by atoms with van der Waals surface area (Å²) in [7, 11) is 0. The zero-order valence-corrected chi connectivity index (χ0v) is 16.8. The number of likely N-dealkylation sites (tertiary alicyclic amines) is 1. The molecule has 1 aromatic carbocycles. The molecule has 0 bridgehead atoms. The fraction of sp³-hybridized carbons (Fsp3) is 0.476. The van der Waals surface area contributed by atoms with Gasteiger partial charge in [0.15, 0.2) is 0 Å². The van der Waals surface area contributed by atoms with Crippen LogP contribution in [-0.4, -0.2) is 39.6 Å². The van der Waals surface area contributed by atoms with Crippen molar-refractivity contribution < 1.29 is 22.8 Å². The van der Waals surface area contributed by atoms with Crippen LogP contribution in [0.4, 0.5) is 18.9 Å². The monoisotopic (exact) mass is 422 g/mol. The molecular weight excluding hydrogens is 397 g/mol. The number of halogens is 3. The first-order chi connectivity index (χ1) is 14.2. The van der Waals surface area contributed by atoms with Crippen molar-refractivity contribution in [2.45, 2.75) is 45.3 Å². The predicted molar refractivity (Wildman–Crippen MR) is 106 cm³/mol. The number of amides is 2. The highest BCUT2D eigenvalue weighted by molar-refractivity contribution is 5.90. The van der Waals surface area contributed by atoms with Crippen molar-refractivity contribution in [1.29, 1.82) is 0 Å². The van der Waals surface area contributed by atoms with Gasteiger partial charge in [-0.05, 0) is 62.4 Å². The summed E-state index contributed by atoms with van der Waals surface area (Å²) >= 11 is 0. The van der Waals surface area contributed by atoms with Crippen LogP contribution in [0.25, 0.3) is 0 Å². The topological polar surface area (TPSA) is 67.2 Å². The van der Waals surface area contributed by atoms with Gasteiger partial charge in [-0.15, -0.1) is 0 Å². The highest BCUT2D eigenvalue weighted by atomic mass is 19.4. The average Bonchev–Trinajstić information content (AvgIpc) is 3.11. The van der Waals surface area contributed by atoms with Gasteiger partial charge < -0.3 is 10.2 Å². The summed E-state index contributed by atoms with van der Waals surface area (Å²) in [6, 6.07) is 6.24. The van der Waals surface area contributed by atoms with E-state index in [1.54, 1.807) is 10.9 Å². The molecule has 1 atom stereocenters. The van der Waals surface area contributed by atoms with E-state index in [2.05, 4.69) is 10.4 Å². The minimum absolute atomic E-state index is 0.0111. The van der Waals surface area contributed by atoms with Crippen LogP contribution in [0.1, 0.15) is 36.9 Å². The molecule has 0 aliphatic carbocycles. The van der Waals surface area contributed by atoms with Crippen molar-refractivity contribution in [1.82, 2.24) is 14.7 Å². The van der Waals surface area contributed by atoms with Crippen LogP contribution < -0.4 is 5.32 Å². The fourth-order valence-corrected chi connectivity index (χ4v) is 3.62. The lowest BCUT2D eigenvalue weighted by Crippen LogP contribution is -2.41. The maximum absolute atomic E-state index is 12.6. The van der Waals surface area contributed by atoms with Gasteiger partial charge in [0.25, 0.3) is 0 Å². The maximum atomic E-state index is 12.6. The number of benzene rings is 1. The number of carbonyl (C=O) groups is 2. The Bertz CT molecular complexity index is 877. The molecule has 1 N–H and O–H groups in total. The zero-order chi connectivity index (χ0) is 21.7. The molecule has 1 aliphatic rings. The van der Waals surface area contributed by atoms with Crippen LogP contribution in [0.5, 0.6) is 0 Å². The van der Waals surface area contributed by atoms with E-state index in [9.17, 15) is 22.8 Å². The van der Waals surface area contributed by atoms with Gasteiger partial charge in [0.2, 0.25) is 11.8 Å². The Hall–Kier alpha value is -2.84. The van der Waals surface area contributed by atoms with Crippen LogP contribution in [0.2, 0.25) is 0 Å². The van der Waals surface area contributed by atoms with E-state index in [4.69, 9.17) is 0 Å². The number of aryl methyl sites for hydroxylation is 1. The number of piperidine rings is 1. The maximum Gasteiger partial charge on any atom is 0.416 e. The Morgan fingerprint density at radius 3 is 2.57 bits per heavy atom. The first-order valence-corrected chi connectivity index (χ1v) is 9.95. The van der Waals surface area contributed by atoms with Crippen molar-refractivity contribution in [3.8, 4) is 0 Å². The molecule has 2 aromatic rings. The Morgan fingerprint density at radius 1 is 1.20 bits per heavy atom. The van der Waals surface area contributed by atoms with E-state index in [1.165, 1.54) is 12.1 Å². The largest absolute Gasteiger partial charge is 0.416 e. The molecule has 1 aromatic heterocycles. The van der Waals surface area contributed by atoms with Gasteiger partial charge in [-0.2, -0.15) is 18.3 Å². The Balaban J connectivity index is 1.44. The Labute approximate surface area is 173 Å². The van der Waals surface area contributed by atoms with Crippen molar-refractivity contribution in [2.24, 2.45) is 5.92 Å². The lowest BCUT2D eigenvalue weighted by atomic mass is 9.93. The van der Waals surface area contributed by atoms with Gasteiger partial charge in [-0.25, -0.2) is 0 Å². The lowest BCUT2D eigenvalue weighted by molar-refractivity contribution is -0.137. The summed E-state index contributed by atoms with van der Waals surface area (Å²) in [4.78, 5) is 26.5. The minimum Gasteiger partial charge on any atom is -0.341 e. The van der Waals surface area contributed by atoms with Gasteiger partial charge in [-0.3, -0.25) is 14.3 Å². The molecule has 0 unspecified atom stereocenters. The summed E-state index contributed by atoms with van der Waals surface area (Å²) < 4.78 is 39.4. The van der Waals surface area contributed by atoms with Crippen LogP contribution in [-0.2, 0) is 22.3 Å². The molecular formula is C21H25F3N4O2. The Kier molecular flexibility index (Phi) is 6.79. The minimum atomic E-state index is -4.40. The molecule has 2 amide bonds. The third-order valence-electron chi connectivity index (χ3n) is 5.22. The van der Waals surface area contributed by atoms with Gasteiger partial charge in [-0.1, -0.05) is 0 Å². The molecule has 9 heteroatoms. The number of anilines is 1. The average molecular weight is 422 g/mol. The molecule has 0 spiro atoms. The molecule has 1 saturated heterocycles. The highest BCUT2D eigenvalue weighted by Crippen LogP contribution is 2.30. The first kappa shape index (κ1) is 21.9. The van der Waals surface area contributed by atoms with Gasteiger partial charge in [0.05, 0.1) is 11.3 Å². The summed E-state index contributed by atoms with van der Waals surface area (Å²) in [6.45, 7) is 3.38. The third kappa shape index (κ3) is 6.08. The highest BCUT2D eigenvalue weighted by Gasteiger charge is 2.30. The number of aromatic nitrogens is 2. The molecule has 162 valence electrons. The summed E-state index contributed by atoms with van der Waals surface area (Å²) in [5, 5.41) is 6.87. The standard InChI is InChI=1S/C21H25F3N4O2/c1-15-10-12-28(26-15)14-20(30)27-11-2-3-16(13-27)4-9-19(29)25-18-7-5-17(6-8-18)21(22,23)24/h5-8,10,12,16H,2-4,9,11,13-14H2,1H3,(H,25,29)/t16-/m1/s1. The smallest absolute Gasteiger partial charge is 0.341 e. The number of hydrogen-bond donors (Lipinski definition) is 1. The second kappa shape index (κ2) is 9.32. The zero-order valence-electron chi connectivity index (χ0n) is 16.8. The second-order valence-electron chi connectivity index (χ2n) is 7.66. The van der Waals surface area contributed by atoms with Crippen molar-refractivity contribution in [2.75, 3.05) is 18.4 Å². The number of nitrogens with zero attached hydrogens (tertiary/aromatic N) is 3. The number of carbonyl (C=O) groups excluding carboxylic acids is 2. The van der Waals surface area contributed by atoms with Crippen molar-refractivity contribution in [3.63, 3.8) is 0 Å². The van der Waals surface area contributed by atoms with E-state index in [1.807, 2.05) is 17.9 Å². The number of nitrogens with one attached hydrogen (secondary N) is 1. The number of rotatable bonds is 6. The molecule has 2 heterocycles. The molecule has 1 aliphatic heterocycles. The summed E-state index contributed by atoms with van der Waals surface area (Å²) in [5.41, 5.74) is 0.444. The third-order valence-corrected chi connectivity index (χ3v) is 5.22. The van der Waals surface area contributed by atoms with E-state index in [0.29, 0.717) is 25.2 Å². The normalized spacial score (nSPS) is 17.1. The van der Waals surface area contributed by atoms with E-state index in [0.717, 1.165) is 30.7 Å². The van der Waals surface area contributed by atoms with Crippen LogP contribution in [0.3, 0.4) is 0 Å². The first-order valence-electron chi connectivity index (χ1n) is 9.95. The fourth-order valence-electron chi connectivity index (χ4n) is 3.62. The number of alkyl halides is 3. The second-order valence-corrected chi connectivity index (χ2v) is 7.66. The van der Waals surface area contributed by atoms with E-state index >= 15 is 0 Å². The summed E-state index contributed by atoms with van der Waals surface area (Å²) in [5.74, 6) is -0.0114. The van der Waals surface area contributed by atoms with E-state index < -0.39 is 11.7 Å². The molecule has 1 fully saturated rings. The quantitative estimate of drug-likeness (QED) is 0.769. The SMILES string of the molecule is Cc1ccn(CC(=O)N2CCC[C@H](CCC(=O)Nc3ccc(C(F)(F)F)cc3)C2)n1. The van der Waals surface area contributed by atoms with Crippen LogP contribution in [0, 0.1) is 12.8 Å². The van der Waals surface area contributed by atoms with Crippen molar-refractivity contribution in [3.05, 3.63) is 47.8 Å². The van der Waals surface area contributed by atoms with Crippen LogP contribution >= 0.6 is 0 Å². The predicted octanol–water partition coefficient (Wildman–Crippen LogP) is 3.87. The molecule has 6 nitrogen and oxygen atoms in total. The van der Waals surface area contributed by atoms with Crippen molar-refractivity contribution >= 4 is 17.5 Å². The van der Waals surface area contributed by atoms with Gasteiger partial charge in [0.1, 0.15) is 6.54 Å². The molecule has 0 radical (unpaired) electrons. The lowest BCUT2D eigenvalue weighted by Gasteiger charge is -2.32.